The fourth-order valence-corrected chi connectivity index (χ4v) is 4.12. The zero-order chi connectivity index (χ0) is 24.3. The van der Waals surface area contributed by atoms with Gasteiger partial charge in [-0.2, -0.15) is 0 Å². The van der Waals surface area contributed by atoms with Gasteiger partial charge in [-0.3, -0.25) is 9.59 Å². The van der Waals surface area contributed by atoms with Crippen molar-refractivity contribution >= 4 is 17.8 Å². The minimum atomic E-state index is -0.668. The second-order valence-corrected chi connectivity index (χ2v) is 9.40. The lowest BCUT2D eigenvalue weighted by molar-refractivity contribution is -0.129. The molecule has 7 nitrogen and oxygen atoms in total. The minimum Gasteiger partial charge on any atom is -0.503 e. The molecule has 0 fully saturated rings. The van der Waals surface area contributed by atoms with E-state index >= 15 is 0 Å². The molecule has 34 heavy (non-hydrogen) atoms. The molecule has 1 aliphatic rings. The average molecular weight is 460 g/mol. The number of aromatic nitrogens is 2. The van der Waals surface area contributed by atoms with Crippen LogP contribution >= 0.6 is 0 Å². The van der Waals surface area contributed by atoms with Crippen LogP contribution in [0.15, 0.2) is 83.2 Å². The SMILES string of the molecule is CC(C)(C)c1ccc(C2C(C(=O)C=Cc3ccco3)=C(O)C(=O)N2CCCn2ccnc2)cc1. The van der Waals surface area contributed by atoms with E-state index in [2.05, 4.69) is 25.8 Å². The molecule has 1 aromatic carbocycles. The molecule has 0 aliphatic carbocycles. The fraction of sp³-hybridized carbons (Fsp3) is 0.296. The van der Waals surface area contributed by atoms with E-state index < -0.39 is 23.5 Å². The number of allylic oxidation sites excluding steroid dienone is 1. The highest BCUT2D eigenvalue weighted by Crippen LogP contribution is 2.39. The lowest BCUT2D eigenvalue weighted by atomic mass is 9.85. The van der Waals surface area contributed by atoms with Crippen LogP contribution in [-0.2, 0) is 21.5 Å². The summed E-state index contributed by atoms with van der Waals surface area (Å²) in [6.07, 6.45) is 10.3. The van der Waals surface area contributed by atoms with E-state index in [1.807, 2.05) is 35.0 Å². The molecule has 1 amide bonds. The Kier molecular flexibility index (Phi) is 6.54. The van der Waals surface area contributed by atoms with Crippen molar-refractivity contribution in [2.24, 2.45) is 0 Å². The van der Waals surface area contributed by atoms with Gasteiger partial charge < -0.3 is 19.0 Å². The van der Waals surface area contributed by atoms with Gasteiger partial charge in [0.25, 0.3) is 5.91 Å². The number of carbonyl (C=O) groups is 2. The number of carbonyl (C=O) groups excluding carboxylic acids is 2. The number of hydrogen-bond donors (Lipinski definition) is 1. The molecule has 4 rings (SSSR count). The van der Waals surface area contributed by atoms with Crippen molar-refractivity contribution in [3.8, 4) is 0 Å². The Morgan fingerprint density at radius 3 is 2.56 bits per heavy atom. The predicted octanol–water partition coefficient (Wildman–Crippen LogP) is 4.84. The normalized spacial score (nSPS) is 16.7. The second kappa shape index (κ2) is 9.55. The second-order valence-electron chi connectivity index (χ2n) is 9.40. The summed E-state index contributed by atoms with van der Waals surface area (Å²) < 4.78 is 7.19. The van der Waals surface area contributed by atoms with Crippen molar-refractivity contribution in [3.63, 3.8) is 0 Å². The highest BCUT2D eigenvalue weighted by molar-refractivity contribution is 6.14. The van der Waals surface area contributed by atoms with Crippen LogP contribution in [0.25, 0.3) is 6.08 Å². The molecule has 1 atom stereocenters. The summed E-state index contributed by atoms with van der Waals surface area (Å²) in [5.74, 6) is -0.947. The van der Waals surface area contributed by atoms with Crippen LogP contribution in [0.2, 0.25) is 0 Å². The van der Waals surface area contributed by atoms with E-state index in [1.165, 1.54) is 18.4 Å². The Labute approximate surface area is 199 Å². The van der Waals surface area contributed by atoms with E-state index in [-0.39, 0.29) is 11.0 Å². The third-order valence-corrected chi connectivity index (χ3v) is 5.98. The molecule has 3 aromatic rings. The third-order valence-electron chi connectivity index (χ3n) is 5.98. The van der Waals surface area contributed by atoms with Crippen molar-refractivity contribution in [2.75, 3.05) is 6.54 Å². The Hall–Kier alpha value is -3.87. The summed E-state index contributed by atoms with van der Waals surface area (Å²) in [5.41, 5.74) is 1.98. The molecule has 1 N–H and O–H groups in total. The first-order valence-electron chi connectivity index (χ1n) is 11.3. The third kappa shape index (κ3) is 4.88. The van der Waals surface area contributed by atoms with Gasteiger partial charge in [0.2, 0.25) is 0 Å². The predicted molar refractivity (Wildman–Crippen MR) is 129 cm³/mol. The van der Waals surface area contributed by atoms with Crippen LogP contribution in [-0.4, -0.2) is 37.8 Å². The molecule has 176 valence electrons. The number of aliphatic hydroxyl groups excluding tert-OH is 1. The van der Waals surface area contributed by atoms with Crippen LogP contribution in [0.4, 0.5) is 0 Å². The molecule has 0 bridgehead atoms. The maximum Gasteiger partial charge on any atom is 0.290 e. The summed E-state index contributed by atoms with van der Waals surface area (Å²) in [6.45, 7) is 7.43. The number of imidazole rings is 1. The molecule has 7 heteroatoms. The number of rotatable bonds is 8. The first kappa shape index (κ1) is 23.3. The van der Waals surface area contributed by atoms with Gasteiger partial charge in [-0.15, -0.1) is 0 Å². The van der Waals surface area contributed by atoms with Gasteiger partial charge in [0.15, 0.2) is 11.5 Å². The molecule has 2 aromatic heterocycles. The number of ketones is 1. The number of aliphatic hydroxyl groups is 1. The highest BCUT2D eigenvalue weighted by Gasteiger charge is 2.42. The number of hydrogen-bond acceptors (Lipinski definition) is 5. The molecule has 0 radical (unpaired) electrons. The van der Waals surface area contributed by atoms with Crippen molar-refractivity contribution in [2.45, 2.75) is 45.2 Å². The maximum atomic E-state index is 13.2. The number of furan rings is 1. The molecular weight excluding hydrogens is 430 g/mol. The number of amides is 1. The molecule has 0 saturated carbocycles. The van der Waals surface area contributed by atoms with Gasteiger partial charge in [0.05, 0.1) is 24.2 Å². The molecular formula is C27H29N3O4. The smallest absolute Gasteiger partial charge is 0.290 e. The van der Waals surface area contributed by atoms with Crippen molar-refractivity contribution in [1.82, 2.24) is 14.5 Å². The Morgan fingerprint density at radius 1 is 1.18 bits per heavy atom. The first-order chi connectivity index (χ1) is 16.3. The lowest BCUT2D eigenvalue weighted by Crippen LogP contribution is -2.32. The molecule has 1 aliphatic heterocycles. The maximum absolute atomic E-state index is 13.2. The van der Waals surface area contributed by atoms with Crippen molar-refractivity contribution < 1.29 is 19.1 Å². The van der Waals surface area contributed by atoms with E-state index in [0.29, 0.717) is 25.3 Å². The van der Waals surface area contributed by atoms with Gasteiger partial charge in [-0.05, 0) is 47.2 Å². The van der Waals surface area contributed by atoms with Crippen molar-refractivity contribution in [3.05, 3.63) is 95.7 Å². The van der Waals surface area contributed by atoms with Gasteiger partial charge in [-0.25, -0.2) is 4.98 Å². The zero-order valence-electron chi connectivity index (χ0n) is 19.6. The quantitative estimate of drug-likeness (QED) is 0.487. The summed E-state index contributed by atoms with van der Waals surface area (Å²) in [4.78, 5) is 31.9. The molecule has 0 spiro atoms. The Morgan fingerprint density at radius 2 is 1.94 bits per heavy atom. The number of nitrogens with zero attached hydrogens (tertiary/aromatic N) is 3. The minimum absolute atomic E-state index is 0.0308. The van der Waals surface area contributed by atoms with Gasteiger partial charge in [-0.1, -0.05) is 45.0 Å². The van der Waals surface area contributed by atoms with E-state index in [4.69, 9.17) is 4.42 Å². The van der Waals surface area contributed by atoms with Gasteiger partial charge >= 0.3 is 0 Å². The van der Waals surface area contributed by atoms with Gasteiger partial charge in [0, 0.05) is 25.5 Å². The Bertz CT molecular complexity index is 1200. The average Bonchev–Trinajstić information content (AvgIpc) is 3.56. The van der Waals surface area contributed by atoms with Crippen LogP contribution in [0.5, 0.6) is 0 Å². The largest absolute Gasteiger partial charge is 0.503 e. The monoisotopic (exact) mass is 459 g/mol. The number of aryl methyl sites for hydroxylation is 1. The fourth-order valence-electron chi connectivity index (χ4n) is 4.12. The van der Waals surface area contributed by atoms with Crippen LogP contribution in [0.1, 0.15) is 50.1 Å². The highest BCUT2D eigenvalue weighted by atomic mass is 16.3. The summed E-state index contributed by atoms with van der Waals surface area (Å²) in [6, 6.07) is 10.7. The van der Waals surface area contributed by atoms with Gasteiger partial charge in [0.1, 0.15) is 5.76 Å². The summed E-state index contributed by atoms with van der Waals surface area (Å²) in [5, 5.41) is 10.7. The topological polar surface area (TPSA) is 88.6 Å². The van der Waals surface area contributed by atoms with E-state index in [0.717, 1.165) is 11.1 Å². The summed E-state index contributed by atoms with van der Waals surface area (Å²) >= 11 is 0. The zero-order valence-corrected chi connectivity index (χ0v) is 19.6. The standard InChI is InChI=1S/C27H29N3O4/c1-27(2,3)20-9-7-19(8-10-20)24-23(22(31)12-11-21-6-4-17-34-21)25(32)26(33)30(24)15-5-14-29-16-13-28-18-29/h4,6-13,16-18,24,32H,5,14-15H2,1-3H3. The Balaban J connectivity index is 1.64. The molecule has 1 unspecified atom stereocenters. The van der Waals surface area contributed by atoms with E-state index in [9.17, 15) is 14.7 Å². The molecule has 0 saturated heterocycles. The molecule has 3 heterocycles. The van der Waals surface area contributed by atoms with Crippen LogP contribution < -0.4 is 0 Å². The van der Waals surface area contributed by atoms with E-state index in [1.54, 1.807) is 29.6 Å². The first-order valence-corrected chi connectivity index (χ1v) is 11.3. The van der Waals surface area contributed by atoms with Crippen LogP contribution in [0, 0.1) is 0 Å². The number of benzene rings is 1. The van der Waals surface area contributed by atoms with Crippen LogP contribution in [0.3, 0.4) is 0 Å². The summed E-state index contributed by atoms with van der Waals surface area (Å²) in [7, 11) is 0. The van der Waals surface area contributed by atoms with Crippen molar-refractivity contribution in [1.29, 1.82) is 0 Å². The lowest BCUT2D eigenvalue weighted by Gasteiger charge is -2.27.